The highest BCUT2D eigenvalue weighted by Crippen LogP contribution is 2.27. The monoisotopic (exact) mass is 395 g/mol. The third kappa shape index (κ3) is 4.05. The molecular weight excluding hydrogens is 381 g/mol. The number of thioether (sulfide) groups is 1. The van der Waals surface area contributed by atoms with Crippen LogP contribution in [0.1, 0.15) is 18.3 Å². The number of aryl methyl sites for hydroxylation is 2. The average molecular weight is 396 g/mol. The number of fused-ring (bicyclic) bond motifs is 1. The van der Waals surface area contributed by atoms with Crippen molar-refractivity contribution in [3.8, 4) is 0 Å². The van der Waals surface area contributed by atoms with Gasteiger partial charge in [-0.2, -0.15) is 4.98 Å². The van der Waals surface area contributed by atoms with Gasteiger partial charge in [-0.25, -0.2) is 9.50 Å². The number of hydrogen-bond donors (Lipinski definition) is 1. The third-order valence-electron chi connectivity index (χ3n) is 3.44. The third-order valence-corrected chi connectivity index (χ3v) is 4.95. The maximum absolute atomic E-state index is 12.4. The zero-order valence-corrected chi connectivity index (χ0v) is 16.1. The van der Waals surface area contributed by atoms with Crippen LogP contribution >= 0.6 is 35.0 Å². The van der Waals surface area contributed by atoms with E-state index in [-0.39, 0.29) is 5.91 Å². The highest BCUT2D eigenvalue weighted by molar-refractivity contribution is 8.00. The zero-order chi connectivity index (χ0) is 18.1. The van der Waals surface area contributed by atoms with Crippen LogP contribution < -0.4 is 5.32 Å². The van der Waals surface area contributed by atoms with Gasteiger partial charge in [0.15, 0.2) is 0 Å². The molecular formula is C16H15Cl2N5OS. The Kier molecular flexibility index (Phi) is 5.17. The van der Waals surface area contributed by atoms with Gasteiger partial charge < -0.3 is 5.32 Å². The van der Waals surface area contributed by atoms with E-state index in [1.54, 1.807) is 29.6 Å². The van der Waals surface area contributed by atoms with Crippen molar-refractivity contribution in [2.75, 3.05) is 5.32 Å². The summed E-state index contributed by atoms with van der Waals surface area (Å²) < 4.78 is 1.66. The largest absolute Gasteiger partial charge is 0.324 e. The molecule has 3 rings (SSSR count). The van der Waals surface area contributed by atoms with E-state index in [1.807, 2.05) is 19.9 Å². The number of nitrogens with zero attached hydrogens (tertiary/aromatic N) is 4. The Balaban J connectivity index is 1.75. The van der Waals surface area contributed by atoms with Crippen molar-refractivity contribution in [2.45, 2.75) is 31.2 Å². The van der Waals surface area contributed by atoms with Crippen LogP contribution in [0.15, 0.2) is 29.4 Å². The molecule has 0 aliphatic carbocycles. The summed E-state index contributed by atoms with van der Waals surface area (Å²) in [6.45, 7) is 5.61. The second-order valence-electron chi connectivity index (χ2n) is 5.52. The van der Waals surface area contributed by atoms with Gasteiger partial charge in [-0.05, 0) is 45.0 Å². The minimum absolute atomic E-state index is 0.214. The van der Waals surface area contributed by atoms with Gasteiger partial charge in [-0.1, -0.05) is 35.0 Å². The van der Waals surface area contributed by atoms with Gasteiger partial charge in [0.05, 0.1) is 16.0 Å². The molecule has 1 aromatic carbocycles. The molecule has 1 amide bonds. The molecule has 3 aromatic rings. The van der Waals surface area contributed by atoms with Crippen LogP contribution in [-0.4, -0.2) is 30.7 Å². The van der Waals surface area contributed by atoms with E-state index in [0.717, 1.165) is 11.4 Å². The Bertz CT molecular complexity index is 959. The Morgan fingerprint density at radius 3 is 2.76 bits per heavy atom. The van der Waals surface area contributed by atoms with Gasteiger partial charge in [0.25, 0.3) is 5.78 Å². The Hall–Kier alpha value is -1.83. The van der Waals surface area contributed by atoms with Crippen LogP contribution in [-0.2, 0) is 4.79 Å². The van der Waals surface area contributed by atoms with Gasteiger partial charge in [0.1, 0.15) is 0 Å². The van der Waals surface area contributed by atoms with Crippen LogP contribution in [0.4, 0.5) is 5.69 Å². The normalized spacial score (nSPS) is 12.4. The molecule has 1 unspecified atom stereocenters. The molecule has 0 saturated heterocycles. The summed E-state index contributed by atoms with van der Waals surface area (Å²) in [5.41, 5.74) is 2.28. The summed E-state index contributed by atoms with van der Waals surface area (Å²) in [5.74, 6) is 0.305. The van der Waals surface area contributed by atoms with Crippen molar-refractivity contribution >= 4 is 52.3 Å². The predicted molar refractivity (Wildman–Crippen MR) is 101 cm³/mol. The predicted octanol–water partition coefficient (Wildman–Crippen LogP) is 4.17. The Morgan fingerprint density at radius 1 is 1.24 bits per heavy atom. The van der Waals surface area contributed by atoms with E-state index >= 15 is 0 Å². The number of carbonyl (C=O) groups excluding carboxylic acids is 1. The number of anilines is 1. The van der Waals surface area contributed by atoms with E-state index in [2.05, 4.69) is 20.4 Å². The number of aromatic nitrogens is 4. The van der Waals surface area contributed by atoms with Gasteiger partial charge in [-0.3, -0.25) is 4.79 Å². The first-order valence-electron chi connectivity index (χ1n) is 7.47. The topological polar surface area (TPSA) is 72.2 Å². The Labute approximate surface area is 158 Å². The highest BCUT2D eigenvalue weighted by atomic mass is 35.5. The van der Waals surface area contributed by atoms with E-state index in [4.69, 9.17) is 23.2 Å². The molecule has 25 heavy (non-hydrogen) atoms. The van der Waals surface area contributed by atoms with Crippen molar-refractivity contribution in [2.24, 2.45) is 0 Å². The summed E-state index contributed by atoms with van der Waals surface area (Å²) in [4.78, 5) is 21.1. The molecule has 130 valence electrons. The summed E-state index contributed by atoms with van der Waals surface area (Å²) in [5, 5.41) is 8.16. The summed E-state index contributed by atoms with van der Waals surface area (Å²) in [7, 11) is 0. The van der Waals surface area contributed by atoms with Crippen LogP contribution in [0.2, 0.25) is 10.0 Å². The number of halogens is 2. The second-order valence-corrected chi connectivity index (χ2v) is 7.67. The van der Waals surface area contributed by atoms with Crippen molar-refractivity contribution < 1.29 is 4.79 Å². The number of nitrogens with one attached hydrogen (secondary N) is 1. The smallest absolute Gasteiger partial charge is 0.253 e. The van der Waals surface area contributed by atoms with E-state index in [9.17, 15) is 4.79 Å². The first-order valence-corrected chi connectivity index (χ1v) is 9.10. The number of hydrogen-bond acceptors (Lipinski definition) is 5. The minimum Gasteiger partial charge on any atom is -0.324 e. The lowest BCUT2D eigenvalue weighted by atomic mass is 10.3. The van der Waals surface area contributed by atoms with Crippen molar-refractivity contribution in [1.82, 2.24) is 19.6 Å². The standard InChI is InChI=1S/C16H15Cl2N5OS/c1-8-6-9(2)23-15(19-8)21-16(22-23)25-10(3)14(24)20-13-7-11(17)4-5-12(13)18/h4-7,10H,1-3H3,(H,20,24). The van der Waals surface area contributed by atoms with Crippen LogP contribution in [0.5, 0.6) is 0 Å². The number of benzene rings is 1. The molecule has 9 heteroatoms. The molecule has 0 radical (unpaired) electrons. The molecule has 2 heterocycles. The number of carbonyl (C=O) groups is 1. The van der Waals surface area contributed by atoms with Gasteiger partial charge in [0.2, 0.25) is 11.1 Å². The molecule has 0 fully saturated rings. The molecule has 0 bridgehead atoms. The van der Waals surface area contributed by atoms with Gasteiger partial charge in [-0.15, -0.1) is 5.10 Å². The SMILES string of the molecule is Cc1cc(C)n2nc(SC(C)C(=O)Nc3cc(Cl)ccc3Cl)nc2n1. The molecule has 1 N–H and O–H groups in total. The molecule has 0 spiro atoms. The van der Waals surface area contributed by atoms with Crippen LogP contribution in [0.3, 0.4) is 0 Å². The molecule has 0 aliphatic heterocycles. The fraction of sp³-hybridized carbons (Fsp3) is 0.250. The number of amides is 1. The van der Waals surface area contributed by atoms with Crippen molar-refractivity contribution in [3.63, 3.8) is 0 Å². The van der Waals surface area contributed by atoms with Crippen molar-refractivity contribution in [1.29, 1.82) is 0 Å². The van der Waals surface area contributed by atoms with Gasteiger partial charge in [0, 0.05) is 16.4 Å². The maximum Gasteiger partial charge on any atom is 0.253 e. The fourth-order valence-electron chi connectivity index (χ4n) is 2.24. The molecule has 0 saturated carbocycles. The van der Waals surface area contributed by atoms with Crippen LogP contribution in [0.25, 0.3) is 5.78 Å². The zero-order valence-electron chi connectivity index (χ0n) is 13.7. The Morgan fingerprint density at radius 2 is 2.00 bits per heavy atom. The summed E-state index contributed by atoms with van der Waals surface area (Å²) in [6, 6.07) is 6.83. The number of rotatable bonds is 4. The molecule has 2 aromatic heterocycles. The molecule has 0 aliphatic rings. The van der Waals surface area contributed by atoms with E-state index < -0.39 is 5.25 Å². The quantitative estimate of drug-likeness (QED) is 0.671. The average Bonchev–Trinajstić information content (AvgIpc) is 2.93. The first-order chi connectivity index (χ1) is 11.8. The fourth-order valence-corrected chi connectivity index (χ4v) is 3.32. The maximum atomic E-state index is 12.4. The van der Waals surface area contributed by atoms with Gasteiger partial charge >= 0.3 is 0 Å². The lowest BCUT2D eigenvalue weighted by molar-refractivity contribution is -0.115. The lowest BCUT2D eigenvalue weighted by Gasteiger charge is -2.11. The van der Waals surface area contributed by atoms with E-state index in [1.165, 1.54) is 11.8 Å². The first kappa shape index (κ1) is 18.0. The molecule has 1 atom stereocenters. The second kappa shape index (κ2) is 7.19. The van der Waals surface area contributed by atoms with Crippen molar-refractivity contribution in [3.05, 3.63) is 45.7 Å². The minimum atomic E-state index is -0.422. The molecule has 6 nitrogen and oxygen atoms in total. The lowest BCUT2D eigenvalue weighted by Crippen LogP contribution is -2.22. The summed E-state index contributed by atoms with van der Waals surface area (Å²) in [6.07, 6.45) is 0. The van der Waals surface area contributed by atoms with Crippen LogP contribution in [0, 0.1) is 13.8 Å². The van der Waals surface area contributed by atoms with E-state index in [0.29, 0.717) is 26.7 Å². The highest BCUT2D eigenvalue weighted by Gasteiger charge is 2.19. The summed E-state index contributed by atoms with van der Waals surface area (Å²) >= 11 is 13.3.